The monoisotopic (exact) mass is 419 g/mol. The number of halogens is 1. The maximum atomic E-state index is 12.4. The van der Waals surface area contributed by atoms with Crippen molar-refractivity contribution in [3.8, 4) is 5.75 Å². The van der Waals surface area contributed by atoms with Crippen LogP contribution in [0.5, 0.6) is 5.75 Å². The Morgan fingerprint density at radius 3 is 2.50 bits per heavy atom. The molecule has 30 heavy (non-hydrogen) atoms. The fourth-order valence-corrected chi connectivity index (χ4v) is 3.52. The van der Waals surface area contributed by atoms with Crippen molar-refractivity contribution >= 4 is 28.5 Å². The van der Waals surface area contributed by atoms with E-state index in [9.17, 15) is 4.79 Å². The summed E-state index contributed by atoms with van der Waals surface area (Å²) < 4.78 is 7.33. The van der Waals surface area contributed by atoms with Crippen molar-refractivity contribution in [3.05, 3.63) is 94.8 Å². The molecule has 0 aliphatic heterocycles. The Morgan fingerprint density at radius 1 is 1.03 bits per heavy atom. The highest BCUT2D eigenvalue weighted by molar-refractivity contribution is 6.30. The minimum absolute atomic E-state index is 0.113. The number of para-hydroxylation sites is 2. The SMILES string of the molecule is COc1ccc(C(=O)NCCc2nc3ccccc3n2Cc2ccc(Cl)cc2)cc1. The summed E-state index contributed by atoms with van der Waals surface area (Å²) in [5, 5.41) is 3.70. The molecule has 6 heteroatoms. The molecule has 0 atom stereocenters. The van der Waals surface area contributed by atoms with E-state index in [-0.39, 0.29) is 5.91 Å². The largest absolute Gasteiger partial charge is 0.497 e. The van der Waals surface area contributed by atoms with Crippen molar-refractivity contribution in [2.75, 3.05) is 13.7 Å². The summed E-state index contributed by atoms with van der Waals surface area (Å²) >= 11 is 6.02. The van der Waals surface area contributed by atoms with Gasteiger partial charge in [-0.15, -0.1) is 0 Å². The summed E-state index contributed by atoms with van der Waals surface area (Å²) in [5.74, 6) is 1.54. The molecular weight excluding hydrogens is 398 g/mol. The molecule has 1 N–H and O–H groups in total. The fraction of sp³-hybridized carbons (Fsp3) is 0.167. The topological polar surface area (TPSA) is 56.1 Å². The van der Waals surface area contributed by atoms with Crippen LogP contribution >= 0.6 is 11.6 Å². The highest BCUT2D eigenvalue weighted by Crippen LogP contribution is 2.19. The van der Waals surface area contributed by atoms with Gasteiger partial charge in [0.1, 0.15) is 11.6 Å². The molecule has 1 heterocycles. The third-order valence-electron chi connectivity index (χ3n) is 4.97. The number of ether oxygens (including phenoxy) is 1. The predicted octanol–water partition coefficient (Wildman–Crippen LogP) is 4.72. The summed E-state index contributed by atoms with van der Waals surface area (Å²) in [5.41, 5.74) is 3.77. The van der Waals surface area contributed by atoms with E-state index in [0.29, 0.717) is 25.1 Å². The van der Waals surface area contributed by atoms with Crippen LogP contribution in [0.4, 0.5) is 0 Å². The highest BCUT2D eigenvalue weighted by Gasteiger charge is 2.12. The van der Waals surface area contributed by atoms with Crippen molar-refractivity contribution in [2.45, 2.75) is 13.0 Å². The number of fused-ring (bicyclic) bond motifs is 1. The van der Waals surface area contributed by atoms with Gasteiger partial charge in [0.25, 0.3) is 5.91 Å². The summed E-state index contributed by atoms with van der Waals surface area (Å²) in [6.45, 7) is 1.19. The lowest BCUT2D eigenvalue weighted by Gasteiger charge is -2.11. The number of nitrogens with zero attached hydrogens (tertiary/aromatic N) is 2. The van der Waals surface area contributed by atoms with E-state index in [0.717, 1.165) is 33.2 Å². The Bertz CT molecular complexity index is 1150. The molecule has 0 radical (unpaired) electrons. The van der Waals surface area contributed by atoms with Crippen molar-refractivity contribution in [1.82, 2.24) is 14.9 Å². The van der Waals surface area contributed by atoms with Crippen molar-refractivity contribution in [1.29, 1.82) is 0 Å². The van der Waals surface area contributed by atoms with Crippen LogP contribution in [0.1, 0.15) is 21.7 Å². The van der Waals surface area contributed by atoms with Gasteiger partial charge in [0, 0.05) is 30.1 Å². The lowest BCUT2D eigenvalue weighted by molar-refractivity contribution is 0.0954. The first-order valence-corrected chi connectivity index (χ1v) is 10.1. The van der Waals surface area contributed by atoms with E-state index in [1.54, 1.807) is 31.4 Å². The molecule has 0 saturated carbocycles. The molecular formula is C24H22ClN3O2. The third-order valence-corrected chi connectivity index (χ3v) is 5.23. The number of amides is 1. The molecule has 5 nitrogen and oxygen atoms in total. The lowest BCUT2D eigenvalue weighted by Crippen LogP contribution is -2.26. The van der Waals surface area contributed by atoms with Gasteiger partial charge in [-0.3, -0.25) is 4.79 Å². The summed E-state index contributed by atoms with van der Waals surface area (Å²) in [4.78, 5) is 17.2. The Kier molecular flexibility index (Phi) is 6.00. The van der Waals surface area contributed by atoms with Crippen molar-refractivity contribution < 1.29 is 9.53 Å². The van der Waals surface area contributed by atoms with Crippen LogP contribution in [0, 0.1) is 0 Å². The van der Waals surface area contributed by atoms with E-state index in [2.05, 4.69) is 16.0 Å². The molecule has 0 saturated heterocycles. The van der Waals surface area contributed by atoms with Crippen molar-refractivity contribution in [2.24, 2.45) is 0 Å². The summed E-state index contributed by atoms with van der Waals surface area (Å²) in [7, 11) is 1.60. The van der Waals surface area contributed by atoms with Crippen LogP contribution in [0.25, 0.3) is 11.0 Å². The fourth-order valence-electron chi connectivity index (χ4n) is 3.40. The van der Waals surface area contributed by atoms with Gasteiger partial charge in [-0.1, -0.05) is 35.9 Å². The maximum absolute atomic E-state index is 12.4. The average molecular weight is 420 g/mol. The zero-order valence-electron chi connectivity index (χ0n) is 16.6. The first-order chi connectivity index (χ1) is 14.6. The first kappa shape index (κ1) is 20.0. The van der Waals surface area contributed by atoms with Gasteiger partial charge in [0.15, 0.2) is 0 Å². The Morgan fingerprint density at radius 2 is 1.77 bits per heavy atom. The second-order valence-electron chi connectivity index (χ2n) is 6.96. The molecule has 152 valence electrons. The Labute approximate surface area is 180 Å². The molecule has 0 aliphatic rings. The molecule has 0 fully saturated rings. The van der Waals surface area contributed by atoms with Crippen LogP contribution in [0.15, 0.2) is 72.8 Å². The third kappa shape index (κ3) is 4.47. The molecule has 4 rings (SSSR count). The minimum atomic E-state index is -0.113. The quantitative estimate of drug-likeness (QED) is 0.471. The van der Waals surface area contributed by atoms with Gasteiger partial charge in [0.05, 0.1) is 18.1 Å². The average Bonchev–Trinajstić information content (AvgIpc) is 3.12. The number of aromatic nitrogens is 2. The predicted molar refractivity (Wildman–Crippen MR) is 119 cm³/mol. The van der Waals surface area contributed by atoms with Crippen LogP contribution in [-0.4, -0.2) is 29.1 Å². The van der Waals surface area contributed by atoms with E-state index >= 15 is 0 Å². The molecule has 0 spiro atoms. The summed E-state index contributed by atoms with van der Waals surface area (Å²) in [6, 6.07) is 23.0. The van der Waals surface area contributed by atoms with Crippen LogP contribution in [0.3, 0.4) is 0 Å². The minimum Gasteiger partial charge on any atom is -0.497 e. The molecule has 4 aromatic rings. The van der Waals surface area contributed by atoms with Gasteiger partial charge < -0.3 is 14.6 Å². The number of carbonyl (C=O) groups excluding carboxylic acids is 1. The van der Waals surface area contributed by atoms with Crippen LogP contribution in [0.2, 0.25) is 5.02 Å². The Hall–Kier alpha value is -3.31. The number of methoxy groups -OCH3 is 1. The van der Waals surface area contributed by atoms with Crippen molar-refractivity contribution in [3.63, 3.8) is 0 Å². The second kappa shape index (κ2) is 9.01. The second-order valence-corrected chi connectivity index (χ2v) is 7.40. The van der Waals surface area contributed by atoms with Gasteiger partial charge in [-0.2, -0.15) is 0 Å². The molecule has 0 aliphatic carbocycles. The molecule has 1 aromatic heterocycles. The van der Waals surface area contributed by atoms with Gasteiger partial charge in [-0.25, -0.2) is 4.98 Å². The van der Waals surface area contributed by atoms with Crippen LogP contribution < -0.4 is 10.1 Å². The lowest BCUT2D eigenvalue weighted by atomic mass is 10.2. The first-order valence-electron chi connectivity index (χ1n) is 9.75. The zero-order chi connectivity index (χ0) is 20.9. The number of carbonyl (C=O) groups is 1. The smallest absolute Gasteiger partial charge is 0.251 e. The molecule has 3 aromatic carbocycles. The molecule has 0 unspecified atom stereocenters. The summed E-state index contributed by atoms with van der Waals surface area (Å²) in [6.07, 6.45) is 0.629. The molecule has 1 amide bonds. The van der Waals surface area contributed by atoms with E-state index in [1.165, 1.54) is 0 Å². The number of rotatable bonds is 7. The number of hydrogen-bond acceptors (Lipinski definition) is 3. The number of hydrogen-bond donors (Lipinski definition) is 1. The van der Waals surface area contributed by atoms with E-state index < -0.39 is 0 Å². The number of imidazole rings is 1. The number of nitrogens with one attached hydrogen (secondary N) is 1. The number of benzene rings is 3. The van der Waals surface area contributed by atoms with Gasteiger partial charge in [0.2, 0.25) is 0 Å². The van der Waals surface area contributed by atoms with Crippen LogP contribution in [-0.2, 0) is 13.0 Å². The maximum Gasteiger partial charge on any atom is 0.251 e. The van der Waals surface area contributed by atoms with E-state index in [1.807, 2.05) is 42.5 Å². The van der Waals surface area contributed by atoms with E-state index in [4.69, 9.17) is 21.3 Å². The molecule has 0 bridgehead atoms. The zero-order valence-corrected chi connectivity index (χ0v) is 17.4. The normalized spacial score (nSPS) is 10.9. The Balaban J connectivity index is 1.49. The highest BCUT2D eigenvalue weighted by atomic mass is 35.5. The van der Waals surface area contributed by atoms with Gasteiger partial charge in [-0.05, 0) is 54.1 Å². The van der Waals surface area contributed by atoms with Gasteiger partial charge >= 0.3 is 0 Å². The standard InChI is InChI=1S/C24H22ClN3O2/c1-30-20-12-8-18(9-13-20)24(29)26-15-14-23-27-21-4-2-3-5-22(21)28(23)16-17-6-10-19(25)11-7-17/h2-13H,14-16H2,1H3,(H,26,29).